The highest BCUT2D eigenvalue weighted by Gasteiger charge is 2.28. The number of carbonyl (C=O) groups excluding carboxylic acids is 2. The van der Waals surface area contributed by atoms with Gasteiger partial charge in [0.05, 0.1) is 24.4 Å². The number of hydrogen-bond donors (Lipinski definition) is 1. The Labute approximate surface area is 134 Å². The van der Waals surface area contributed by atoms with Gasteiger partial charge in [0.25, 0.3) is 5.91 Å². The van der Waals surface area contributed by atoms with Crippen molar-refractivity contribution in [3.8, 4) is 0 Å². The number of aryl methyl sites for hydroxylation is 1. The van der Waals surface area contributed by atoms with E-state index in [0.717, 1.165) is 29.9 Å². The first-order chi connectivity index (χ1) is 11.1. The molecule has 6 heteroatoms. The molecular formula is C17H19N3O3. The van der Waals surface area contributed by atoms with E-state index in [2.05, 4.69) is 19.4 Å². The first-order valence-corrected chi connectivity index (χ1v) is 7.61. The Kier molecular flexibility index (Phi) is 4.14. The fourth-order valence-corrected chi connectivity index (χ4v) is 2.61. The van der Waals surface area contributed by atoms with E-state index in [1.807, 2.05) is 25.3 Å². The number of ether oxygens (including phenoxy) is 1. The van der Waals surface area contributed by atoms with Gasteiger partial charge in [-0.25, -0.2) is 9.78 Å². The van der Waals surface area contributed by atoms with Crippen molar-refractivity contribution in [2.45, 2.75) is 25.7 Å². The lowest BCUT2D eigenvalue weighted by Gasteiger charge is -2.10. The number of imidazole rings is 1. The van der Waals surface area contributed by atoms with Gasteiger partial charge in [-0.15, -0.1) is 0 Å². The largest absolute Gasteiger partial charge is 0.466 e. The van der Waals surface area contributed by atoms with Gasteiger partial charge < -0.3 is 10.1 Å². The SMILES string of the molecule is COC(=O)/C=C/CNC(=O)c1ccc2cnc(C3CC3)n2c1C. The molecule has 0 atom stereocenters. The summed E-state index contributed by atoms with van der Waals surface area (Å²) in [6.45, 7) is 2.20. The smallest absolute Gasteiger partial charge is 0.330 e. The molecule has 0 saturated heterocycles. The standard InChI is InChI=1S/C17H19N3O3/c1-11-14(17(22)18-9-3-4-15(21)23-2)8-7-13-10-19-16(20(11)13)12-5-6-12/h3-4,7-8,10,12H,5-6,9H2,1-2H3,(H,18,22)/b4-3+. The summed E-state index contributed by atoms with van der Waals surface area (Å²) in [6, 6.07) is 3.72. The number of methoxy groups -OCH3 is 1. The molecule has 0 bridgehead atoms. The van der Waals surface area contributed by atoms with Gasteiger partial charge in [-0.05, 0) is 31.9 Å². The first-order valence-electron chi connectivity index (χ1n) is 7.61. The number of fused-ring (bicyclic) bond motifs is 1. The third kappa shape index (κ3) is 3.11. The van der Waals surface area contributed by atoms with Crippen LogP contribution in [0.5, 0.6) is 0 Å². The molecule has 1 fully saturated rings. The van der Waals surface area contributed by atoms with Gasteiger partial charge in [0.2, 0.25) is 0 Å². The molecule has 1 saturated carbocycles. The number of aromatic nitrogens is 2. The van der Waals surface area contributed by atoms with Crippen molar-refractivity contribution < 1.29 is 14.3 Å². The van der Waals surface area contributed by atoms with E-state index in [4.69, 9.17) is 0 Å². The average Bonchev–Trinajstić information content (AvgIpc) is 3.30. The van der Waals surface area contributed by atoms with Gasteiger partial charge in [0.1, 0.15) is 5.82 Å². The Hall–Kier alpha value is -2.63. The van der Waals surface area contributed by atoms with E-state index >= 15 is 0 Å². The zero-order valence-corrected chi connectivity index (χ0v) is 13.2. The van der Waals surface area contributed by atoms with Crippen LogP contribution in [0, 0.1) is 6.92 Å². The van der Waals surface area contributed by atoms with Crippen LogP contribution in [0.3, 0.4) is 0 Å². The third-order valence-electron chi connectivity index (χ3n) is 3.99. The lowest BCUT2D eigenvalue weighted by molar-refractivity contribution is -0.134. The number of nitrogens with zero attached hydrogens (tertiary/aromatic N) is 2. The van der Waals surface area contributed by atoms with Crippen molar-refractivity contribution >= 4 is 17.4 Å². The second-order valence-electron chi connectivity index (χ2n) is 5.62. The maximum absolute atomic E-state index is 12.3. The summed E-state index contributed by atoms with van der Waals surface area (Å²) < 4.78 is 6.56. The molecule has 3 rings (SSSR count). The monoisotopic (exact) mass is 313 g/mol. The molecule has 0 aromatic carbocycles. The first kappa shape index (κ1) is 15.3. The summed E-state index contributed by atoms with van der Waals surface area (Å²) in [5.41, 5.74) is 2.51. The third-order valence-corrected chi connectivity index (χ3v) is 3.99. The Bertz CT molecular complexity index is 788. The number of esters is 1. The van der Waals surface area contributed by atoms with E-state index in [-0.39, 0.29) is 12.5 Å². The van der Waals surface area contributed by atoms with E-state index in [9.17, 15) is 9.59 Å². The van der Waals surface area contributed by atoms with Crippen LogP contribution in [0.1, 0.15) is 40.6 Å². The maximum Gasteiger partial charge on any atom is 0.330 e. The highest BCUT2D eigenvalue weighted by Crippen LogP contribution is 2.39. The second kappa shape index (κ2) is 6.24. The fraction of sp³-hybridized carbons (Fsp3) is 0.353. The zero-order valence-electron chi connectivity index (χ0n) is 13.2. The van der Waals surface area contributed by atoms with Crippen LogP contribution in [-0.4, -0.2) is 34.9 Å². The summed E-state index contributed by atoms with van der Waals surface area (Å²) >= 11 is 0. The predicted octanol–water partition coefficient (Wildman–Crippen LogP) is 1.98. The Morgan fingerprint density at radius 2 is 2.22 bits per heavy atom. The normalized spacial score (nSPS) is 14.3. The highest BCUT2D eigenvalue weighted by molar-refractivity contribution is 5.95. The fourth-order valence-electron chi connectivity index (χ4n) is 2.61. The molecule has 2 heterocycles. The molecule has 1 amide bonds. The minimum absolute atomic E-state index is 0.172. The van der Waals surface area contributed by atoms with Crippen molar-refractivity contribution in [2.24, 2.45) is 0 Å². The van der Waals surface area contributed by atoms with Crippen molar-refractivity contribution in [2.75, 3.05) is 13.7 Å². The minimum Gasteiger partial charge on any atom is -0.466 e. The Morgan fingerprint density at radius 1 is 1.43 bits per heavy atom. The van der Waals surface area contributed by atoms with Gasteiger partial charge in [0, 0.05) is 24.2 Å². The summed E-state index contributed by atoms with van der Waals surface area (Å²) in [6.07, 6.45) is 7.02. The molecule has 1 aliphatic carbocycles. The van der Waals surface area contributed by atoms with E-state index < -0.39 is 5.97 Å². The molecule has 6 nitrogen and oxygen atoms in total. The van der Waals surface area contributed by atoms with Gasteiger partial charge in [-0.2, -0.15) is 0 Å². The lowest BCUT2D eigenvalue weighted by atomic mass is 10.1. The molecule has 0 aliphatic heterocycles. The van der Waals surface area contributed by atoms with Crippen LogP contribution in [-0.2, 0) is 9.53 Å². The van der Waals surface area contributed by atoms with Gasteiger partial charge in [0.15, 0.2) is 0 Å². The number of rotatable bonds is 5. The van der Waals surface area contributed by atoms with Crippen LogP contribution in [0.2, 0.25) is 0 Å². The molecule has 23 heavy (non-hydrogen) atoms. The quantitative estimate of drug-likeness (QED) is 0.677. The van der Waals surface area contributed by atoms with Crippen LogP contribution >= 0.6 is 0 Å². The molecule has 2 aromatic heterocycles. The van der Waals surface area contributed by atoms with Crippen LogP contribution in [0.25, 0.3) is 5.52 Å². The predicted molar refractivity (Wildman–Crippen MR) is 85.4 cm³/mol. The highest BCUT2D eigenvalue weighted by atomic mass is 16.5. The number of carbonyl (C=O) groups is 2. The summed E-state index contributed by atoms with van der Waals surface area (Å²) in [5, 5.41) is 2.77. The van der Waals surface area contributed by atoms with Gasteiger partial charge in [-0.3, -0.25) is 9.20 Å². The van der Waals surface area contributed by atoms with Crippen LogP contribution in [0.4, 0.5) is 0 Å². The topological polar surface area (TPSA) is 72.7 Å². The van der Waals surface area contributed by atoms with Crippen molar-refractivity contribution in [3.05, 3.63) is 47.6 Å². The molecule has 1 N–H and O–H groups in total. The Balaban J connectivity index is 1.78. The van der Waals surface area contributed by atoms with Crippen molar-refractivity contribution in [1.29, 1.82) is 0 Å². The molecule has 0 radical (unpaired) electrons. The maximum atomic E-state index is 12.3. The van der Waals surface area contributed by atoms with E-state index in [0.29, 0.717) is 11.5 Å². The molecule has 2 aromatic rings. The molecule has 0 unspecified atom stereocenters. The second-order valence-corrected chi connectivity index (χ2v) is 5.62. The van der Waals surface area contributed by atoms with Gasteiger partial charge >= 0.3 is 5.97 Å². The van der Waals surface area contributed by atoms with E-state index in [1.165, 1.54) is 13.2 Å². The van der Waals surface area contributed by atoms with Crippen LogP contribution < -0.4 is 5.32 Å². The average molecular weight is 313 g/mol. The van der Waals surface area contributed by atoms with Crippen molar-refractivity contribution in [3.63, 3.8) is 0 Å². The molecular weight excluding hydrogens is 294 g/mol. The minimum atomic E-state index is -0.440. The number of pyridine rings is 1. The molecule has 1 aliphatic rings. The van der Waals surface area contributed by atoms with E-state index in [1.54, 1.807) is 6.08 Å². The molecule has 0 spiro atoms. The Morgan fingerprint density at radius 3 is 2.91 bits per heavy atom. The zero-order chi connectivity index (χ0) is 16.4. The summed E-state index contributed by atoms with van der Waals surface area (Å²) in [4.78, 5) is 27.8. The summed E-state index contributed by atoms with van der Waals surface area (Å²) in [5.74, 6) is 0.939. The molecule has 120 valence electrons. The van der Waals surface area contributed by atoms with Crippen LogP contribution in [0.15, 0.2) is 30.5 Å². The van der Waals surface area contributed by atoms with Crippen molar-refractivity contribution in [1.82, 2.24) is 14.7 Å². The number of amides is 1. The summed E-state index contributed by atoms with van der Waals surface area (Å²) in [7, 11) is 1.31. The number of hydrogen-bond acceptors (Lipinski definition) is 4. The number of nitrogens with one attached hydrogen (secondary N) is 1. The van der Waals surface area contributed by atoms with Gasteiger partial charge in [-0.1, -0.05) is 6.08 Å². The lowest BCUT2D eigenvalue weighted by Crippen LogP contribution is -2.25.